The molecule has 5 nitrogen and oxygen atoms in total. The summed E-state index contributed by atoms with van der Waals surface area (Å²) in [4.78, 5) is 26.3. The summed E-state index contributed by atoms with van der Waals surface area (Å²) in [6.07, 6.45) is 0.782. The van der Waals surface area contributed by atoms with Crippen LogP contribution in [0.15, 0.2) is 46.9 Å². The quantitative estimate of drug-likeness (QED) is 0.675. The zero-order chi connectivity index (χ0) is 18.3. The maximum atomic E-state index is 13.4. The summed E-state index contributed by atoms with van der Waals surface area (Å²) in [5, 5.41) is 0.511. The molecule has 0 bridgehead atoms. The standard InChI is InChI=1S/C20H16FNO4/c1-12-15-10-14(21)6-7-17(15)26-19(12)20(24)25-11-18(23)22-9-8-13-4-2-3-5-16(13)22/h2-7,10H,8-9,11H2,1H3. The summed E-state index contributed by atoms with van der Waals surface area (Å²) < 4.78 is 24.0. The van der Waals surface area contributed by atoms with Gasteiger partial charge in [-0.25, -0.2) is 9.18 Å². The van der Waals surface area contributed by atoms with Gasteiger partial charge in [-0.15, -0.1) is 0 Å². The third-order valence-corrected chi connectivity index (χ3v) is 4.60. The van der Waals surface area contributed by atoms with E-state index in [0.717, 1.165) is 17.7 Å². The van der Waals surface area contributed by atoms with Crippen LogP contribution in [0.2, 0.25) is 0 Å². The topological polar surface area (TPSA) is 59.8 Å². The van der Waals surface area contributed by atoms with Crippen LogP contribution in [0.4, 0.5) is 10.1 Å². The summed E-state index contributed by atoms with van der Waals surface area (Å²) in [6, 6.07) is 11.7. The number of ether oxygens (including phenoxy) is 1. The molecule has 0 aliphatic carbocycles. The highest BCUT2D eigenvalue weighted by Crippen LogP contribution is 2.28. The minimum Gasteiger partial charge on any atom is -0.450 e. The lowest BCUT2D eigenvalue weighted by atomic mass is 10.1. The number of esters is 1. The fourth-order valence-corrected chi connectivity index (χ4v) is 3.26. The molecule has 2 heterocycles. The number of amides is 1. The largest absolute Gasteiger partial charge is 0.450 e. The fraction of sp³-hybridized carbons (Fsp3) is 0.200. The highest BCUT2D eigenvalue weighted by Gasteiger charge is 2.26. The maximum Gasteiger partial charge on any atom is 0.375 e. The molecule has 2 aromatic carbocycles. The van der Waals surface area contributed by atoms with E-state index in [-0.39, 0.29) is 18.3 Å². The highest BCUT2D eigenvalue weighted by molar-refractivity contribution is 6.00. The Morgan fingerprint density at radius 2 is 2.04 bits per heavy atom. The number of aryl methyl sites for hydroxylation is 1. The number of nitrogens with zero attached hydrogens (tertiary/aromatic N) is 1. The number of para-hydroxylation sites is 1. The van der Waals surface area contributed by atoms with Gasteiger partial charge in [-0.3, -0.25) is 4.79 Å². The first-order valence-corrected chi connectivity index (χ1v) is 8.28. The number of anilines is 1. The van der Waals surface area contributed by atoms with Gasteiger partial charge in [-0.1, -0.05) is 18.2 Å². The Morgan fingerprint density at radius 3 is 2.88 bits per heavy atom. The van der Waals surface area contributed by atoms with Crippen LogP contribution >= 0.6 is 0 Å². The van der Waals surface area contributed by atoms with Crippen LogP contribution in [0.5, 0.6) is 0 Å². The summed E-state index contributed by atoms with van der Waals surface area (Å²) in [5.41, 5.74) is 2.84. The molecule has 132 valence electrons. The van der Waals surface area contributed by atoms with Gasteiger partial charge in [0.25, 0.3) is 5.91 Å². The molecule has 0 saturated carbocycles. The average molecular weight is 353 g/mol. The molecule has 26 heavy (non-hydrogen) atoms. The van der Waals surface area contributed by atoms with Crippen LogP contribution in [0, 0.1) is 12.7 Å². The molecule has 4 rings (SSSR count). The Hall–Kier alpha value is -3.15. The van der Waals surface area contributed by atoms with Crippen molar-refractivity contribution in [3.05, 3.63) is 65.2 Å². The van der Waals surface area contributed by atoms with Gasteiger partial charge in [0.2, 0.25) is 5.76 Å². The van der Waals surface area contributed by atoms with Crippen molar-refractivity contribution in [3.63, 3.8) is 0 Å². The molecular formula is C20H16FNO4. The molecule has 0 spiro atoms. The van der Waals surface area contributed by atoms with Crippen molar-refractivity contribution in [1.29, 1.82) is 0 Å². The van der Waals surface area contributed by atoms with Crippen LogP contribution in [0.3, 0.4) is 0 Å². The van der Waals surface area contributed by atoms with Crippen molar-refractivity contribution in [2.45, 2.75) is 13.3 Å². The number of hydrogen-bond acceptors (Lipinski definition) is 4. The monoisotopic (exact) mass is 353 g/mol. The average Bonchev–Trinajstić information content (AvgIpc) is 3.21. The smallest absolute Gasteiger partial charge is 0.375 e. The summed E-state index contributed by atoms with van der Waals surface area (Å²) in [6.45, 7) is 1.84. The molecule has 3 aromatic rings. The van der Waals surface area contributed by atoms with Crippen molar-refractivity contribution in [1.82, 2.24) is 0 Å². The highest BCUT2D eigenvalue weighted by atomic mass is 19.1. The second-order valence-corrected chi connectivity index (χ2v) is 6.20. The molecule has 0 N–H and O–H groups in total. The molecule has 1 aliphatic heterocycles. The Morgan fingerprint density at radius 1 is 1.23 bits per heavy atom. The van der Waals surface area contributed by atoms with Gasteiger partial charge in [0.1, 0.15) is 11.4 Å². The number of halogens is 1. The Balaban J connectivity index is 1.48. The molecule has 0 radical (unpaired) electrons. The van der Waals surface area contributed by atoms with E-state index < -0.39 is 11.8 Å². The molecule has 0 unspecified atom stereocenters. The predicted molar refractivity (Wildman–Crippen MR) is 93.7 cm³/mol. The number of carbonyl (C=O) groups excluding carboxylic acids is 2. The first kappa shape index (κ1) is 16.3. The molecular weight excluding hydrogens is 337 g/mol. The molecule has 1 aromatic heterocycles. The van der Waals surface area contributed by atoms with Crippen molar-refractivity contribution in [3.8, 4) is 0 Å². The zero-order valence-electron chi connectivity index (χ0n) is 14.1. The molecule has 1 aliphatic rings. The van der Waals surface area contributed by atoms with Crippen LogP contribution in [0.25, 0.3) is 11.0 Å². The summed E-state index contributed by atoms with van der Waals surface area (Å²) in [5.74, 6) is -1.45. The predicted octanol–water partition coefficient (Wildman–Crippen LogP) is 3.63. The van der Waals surface area contributed by atoms with Crippen molar-refractivity contribution in [2.75, 3.05) is 18.1 Å². The summed E-state index contributed by atoms with van der Waals surface area (Å²) >= 11 is 0. The van der Waals surface area contributed by atoms with E-state index >= 15 is 0 Å². The maximum absolute atomic E-state index is 13.4. The second-order valence-electron chi connectivity index (χ2n) is 6.20. The minimum atomic E-state index is -0.736. The van der Waals surface area contributed by atoms with E-state index in [1.54, 1.807) is 11.8 Å². The Labute approximate surface area is 149 Å². The first-order chi connectivity index (χ1) is 12.5. The van der Waals surface area contributed by atoms with E-state index in [9.17, 15) is 14.0 Å². The molecule has 6 heteroatoms. The second kappa shape index (κ2) is 6.29. The lowest BCUT2D eigenvalue weighted by Gasteiger charge is -2.16. The SMILES string of the molecule is Cc1c(C(=O)OCC(=O)N2CCc3ccccc32)oc2ccc(F)cc12. The minimum absolute atomic E-state index is 0.0137. The first-order valence-electron chi connectivity index (χ1n) is 8.28. The fourth-order valence-electron chi connectivity index (χ4n) is 3.26. The van der Waals surface area contributed by atoms with Crippen LogP contribution in [-0.2, 0) is 16.0 Å². The van der Waals surface area contributed by atoms with Gasteiger partial charge < -0.3 is 14.1 Å². The van der Waals surface area contributed by atoms with E-state index in [1.165, 1.54) is 18.2 Å². The molecule has 0 saturated heterocycles. The van der Waals surface area contributed by atoms with Crippen LogP contribution in [-0.4, -0.2) is 25.0 Å². The third-order valence-electron chi connectivity index (χ3n) is 4.60. The van der Waals surface area contributed by atoms with E-state index in [0.29, 0.717) is 23.1 Å². The van der Waals surface area contributed by atoms with Crippen LogP contribution in [0.1, 0.15) is 21.7 Å². The van der Waals surface area contributed by atoms with Crippen molar-refractivity contribution < 1.29 is 23.1 Å². The Bertz CT molecular complexity index is 1020. The van der Waals surface area contributed by atoms with Gasteiger partial charge >= 0.3 is 5.97 Å². The van der Waals surface area contributed by atoms with E-state index in [1.807, 2.05) is 24.3 Å². The molecule has 0 fully saturated rings. The Kier molecular flexibility index (Phi) is 3.95. The van der Waals surface area contributed by atoms with E-state index in [4.69, 9.17) is 9.15 Å². The van der Waals surface area contributed by atoms with Crippen molar-refractivity contribution in [2.24, 2.45) is 0 Å². The number of hydrogen-bond donors (Lipinski definition) is 0. The van der Waals surface area contributed by atoms with Gasteiger partial charge in [0, 0.05) is 23.2 Å². The normalized spacial score (nSPS) is 13.1. The van der Waals surface area contributed by atoms with Gasteiger partial charge in [-0.05, 0) is 43.2 Å². The van der Waals surface area contributed by atoms with Gasteiger partial charge in [0.05, 0.1) is 0 Å². The lowest BCUT2D eigenvalue weighted by molar-refractivity contribution is -0.121. The number of rotatable bonds is 3. The number of fused-ring (bicyclic) bond motifs is 2. The van der Waals surface area contributed by atoms with Gasteiger partial charge in [-0.2, -0.15) is 0 Å². The molecule has 1 amide bonds. The third kappa shape index (κ3) is 2.73. The zero-order valence-corrected chi connectivity index (χ0v) is 14.1. The number of carbonyl (C=O) groups is 2. The van der Waals surface area contributed by atoms with E-state index in [2.05, 4.69) is 0 Å². The van der Waals surface area contributed by atoms with Gasteiger partial charge in [0.15, 0.2) is 6.61 Å². The summed E-state index contributed by atoms with van der Waals surface area (Å²) in [7, 11) is 0. The lowest BCUT2D eigenvalue weighted by Crippen LogP contribution is -2.33. The number of furan rings is 1. The molecule has 0 atom stereocenters. The van der Waals surface area contributed by atoms with Crippen molar-refractivity contribution >= 4 is 28.5 Å². The van der Waals surface area contributed by atoms with Crippen LogP contribution < -0.4 is 4.90 Å². The number of benzene rings is 2.